The number of aromatic hydroxyl groups is 1. The van der Waals surface area contributed by atoms with Gasteiger partial charge in [0.2, 0.25) is 0 Å². The fraction of sp³-hybridized carbons (Fsp3) is 0.724. The van der Waals surface area contributed by atoms with Crippen molar-refractivity contribution in [2.75, 3.05) is 26.7 Å². The standard InChI is InChI=1S/C29H48N4O6/c1-18-4-5-21(12-22(18)16-33-29(30)31-3)26(36)15-25(38-19(2)35)7-6-20-14-28(27(37)13-23(20)17-34)39-24-8-10-32-11-9-24/h13-14,18,21-22,24-26,32,34,36-37H,4-12,15-17H2,1-3H3,(H3,30,31,33)/t18-,21+,22-,25+,26+/m0/s1. The number of ether oxygens (including phenoxy) is 2. The average Bonchev–Trinajstić information content (AvgIpc) is 2.92. The number of nitrogens with zero attached hydrogens (tertiary/aromatic N) is 1. The molecule has 0 bridgehead atoms. The van der Waals surface area contributed by atoms with Gasteiger partial charge in [0.05, 0.1) is 12.7 Å². The van der Waals surface area contributed by atoms with Crippen LogP contribution in [0.15, 0.2) is 17.1 Å². The molecule has 1 heterocycles. The van der Waals surface area contributed by atoms with Crippen LogP contribution in [0.5, 0.6) is 11.5 Å². The number of esters is 1. The Labute approximate surface area is 232 Å². The normalized spacial score (nSPS) is 24.1. The monoisotopic (exact) mass is 548 g/mol. The van der Waals surface area contributed by atoms with E-state index in [0.29, 0.717) is 54.9 Å². The van der Waals surface area contributed by atoms with E-state index in [9.17, 15) is 20.1 Å². The number of hydrogen-bond donors (Lipinski definition) is 6. The summed E-state index contributed by atoms with van der Waals surface area (Å²) in [5, 5.41) is 38.1. The molecular weight excluding hydrogens is 500 g/mol. The number of piperidine rings is 1. The van der Waals surface area contributed by atoms with Crippen molar-refractivity contribution >= 4 is 11.9 Å². The van der Waals surface area contributed by atoms with Crippen LogP contribution in [0, 0.1) is 17.8 Å². The van der Waals surface area contributed by atoms with Crippen molar-refractivity contribution in [1.82, 2.24) is 10.6 Å². The molecule has 39 heavy (non-hydrogen) atoms. The molecule has 1 saturated carbocycles. The Morgan fingerprint density at radius 1 is 1.23 bits per heavy atom. The third-order valence-corrected chi connectivity index (χ3v) is 8.34. The number of phenols is 1. The predicted octanol–water partition coefficient (Wildman–Crippen LogP) is 2.22. The molecule has 10 heteroatoms. The molecule has 7 N–H and O–H groups in total. The number of hydrogen-bond acceptors (Lipinski definition) is 8. The van der Waals surface area contributed by atoms with Crippen molar-refractivity contribution in [2.24, 2.45) is 28.5 Å². The molecule has 2 aliphatic rings. The number of guanidine groups is 1. The molecule has 2 fully saturated rings. The van der Waals surface area contributed by atoms with Gasteiger partial charge in [-0.25, -0.2) is 0 Å². The highest BCUT2D eigenvalue weighted by Gasteiger charge is 2.33. The summed E-state index contributed by atoms with van der Waals surface area (Å²) >= 11 is 0. The Kier molecular flexibility index (Phi) is 12.1. The minimum Gasteiger partial charge on any atom is -0.504 e. The first-order valence-corrected chi connectivity index (χ1v) is 14.3. The molecule has 1 aromatic carbocycles. The van der Waals surface area contributed by atoms with Gasteiger partial charge in [-0.05, 0) is 92.6 Å². The summed E-state index contributed by atoms with van der Waals surface area (Å²) in [5.74, 6) is 1.44. The smallest absolute Gasteiger partial charge is 0.302 e. The molecule has 10 nitrogen and oxygen atoms in total. The third-order valence-electron chi connectivity index (χ3n) is 8.34. The Hall–Kier alpha value is -2.56. The highest BCUT2D eigenvalue weighted by molar-refractivity contribution is 5.77. The maximum absolute atomic E-state index is 11.9. The second kappa shape index (κ2) is 15.3. The number of rotatable bonds is 12. The van der Waals surface area contributed by atoms with Crippen molar-refractivity contribution in [1.29, 1.82) is 0 Å². The van der Waals surface area contributed by atoms with Crippen LogP contribution in [0.25, 0.3) is 0 Å². The highest BCUT2D eigenvalue weighted by Crippen LogP contribution is 2.37. The summed E-state index contributed by atoms with van der Waals surface area (Å²) in [4.78, 5) is 15.9. The summed E-state index contributed by atoms with van der Waals surface area (Å²) in [6.45, 7) is 5.85. The van der Waals surface area contributed by atoms with E-state index in [1.54, 1.807) is 19.2 Å². The second-order valence-electron chi connectivity index (χ2n) is 11.2. The summed E-state index contributed by atoms with van der Waals surface area (Å²) in [5.41, 5.74) is 7.25. The molecule has 0 unspecified atom stereocenters. The van der Waals surface area contributed by atoms with Gasteiger partial charge in [0.25, 0.3) is 0 Å². The minimum absolute atomic E-state index is 0.0100. The highest BCUT2D eigenvalue weighted by atomic mass is 16.5. The van der Waals surface area contributed by atoms with Crippen molar-refractivity contribution < 1.29 is 29.6 Å². The Bertz CT molecular complexity index is 952. The van der Waals surface area contributed by atoms with E-state index in [0.717, 1.165) is 50.8 Å². The Morgan fingerprint density at radius 3 is 2.64 bits per heavy atom. The van der Waals surface area contributed by atoms with Gasteiger partial charge in [-0.2, -0.15) is 0 Å². The molecule has 0 spiro atoms. The molecule has 1 aliphatic carbocycles. The van der Waals surface area contributed by atoms with Gasteiger partial charge in [-0.15, -0.1) is 0 Å². The van der Waals surface area contributed by atoms with Crippen LogP contribution in [0.1, 0.15) is 69.9 Å². The number of aliphatic imine (C=N–C) groups is 1. The van der Waals surface area contributed by atoms with E-state index >= 15 is 0 Å². The van der Waals surface area contributed by atoms with Gasteiger partial charge in [-0.3, -0.25) is 9.79 Å². The van der Waals surface area contributed by atoms with E-state index in [1.165, 1.54) is 6.92 Å². The number of aliphatic hydroxyl groups is 2. The van der Waals surface area contributed by atoms with E-state index in [4.69, 9.17) is 15.2 Å². The van der Waals surface area contributed by atoms with Crippen molar-refractivity contribution in [3.05, 3.63) is 23.3 Å². The summed E-state index contributed by atoms with van der Waals surface area (Å²) in [6.07, 6.45) is 4.83. The van der Waals surface area contributed by atoms with Crippen LogP contribution in [-0.4, -0.2) is 72.2 Å². The largest absolute Gasteiger partial charge is 0.504 e. The van der Waals surface area contributed by atoms with E-state index in [2.05, 4.69) is 22.5 Å². The summed E-state index contributed by atoms with van der Waals surface area (Å²) < 4.78 is 11.7. The van der Waals surface area contributed by atoms with Crippen LogP contribution in [0.4, 0.5) is 0 Å². The average molecular weight is 549 g/mol. The third kappa shape index (κ3) is 9.54. The lowest BCUT2D eigenvalue weighted by atomic mass is 9.72. The minimum atomic E-state index is -0.600. The number of carbonyl (C=O) groups excluding carboxylic acids is 1. The number of benzene rings is 1. The maximum Gasteiger partial charge on any atom is 0.302 e. The van der Waals surface area contributed by atoms with Gasteiger partial charge in [-0.1, -0.05) is 13.3 Å². The van der Waals surface area contributed by atoms with E-state index in [1.807, 2.05) is 0 Å². The molecule has 5 atom stereocenters. The van der Waals surface area contributed by atoms with Crippen LogP contribution in [0.2, 0.25) is 0 Å². The van der Waals surface area contributed by atoms with Crippen LogP contribution in [0.3, 0.4) is 0 Å². The molecule has 220 valence electrons. The lowest BCUT2D eigenvalue weighted by Gasteiger charge is -2.37. The zero-order valence-corrected chi connectivity index (χ0v) is 23.7. The molecule has 1 saturated heterocycles. The first-order chi connectivity index (χ1) is 18.7. The van der Waals surface area contributed by atoms with Crippen molar-refractivity contribution in [3.8, 4) is 11.5 Å². The number of carbonyl (C=O) groups is 1. The Balaban J connectivity index is 1.64. The van der Waals surface area contributed by atoms with Crippen molar-refractivity contribution in [2.45, 2.75) is 90.1 Å². The molecule has 1 aliphatic heterocycles. The number of aliphatic hydroxyl groups excluding tert-OH is 2. The van der Waals surface area contributed by atoms with E-state index < -0.39 is 12.2 Å². The van der Waals surface area contributed by atoms with Gasteiger partial charge in [0.15, 0.2) is 17.5 Å². The fourth-order valence-corrected chi connectivity index (χ4v) is 5.86. The lowest BCUT2D eigenvalue weighted by molar-refractivity contribution is -0.148. The zero-order chi connectivity index (χ0) is 28.4. The maximum atomic E-state index is 11.9. The first kappa shape index (κ1) is 31.0. The molecule has 0 aromatic heterocycles. The van der Waals surface area contributed by atoms with Crippen LogP contribution < -0.4 is 21.1 Å². The Morgan fingerprint density at radius 2 is 1.97 bits per heavy atom. The van der Waals surface area contributed by atoms with E-state index in [-0.39, 0.29) is 30.3 Å². The number of aryl methyl sites for hydroxylation is 1. The van der Waals surface area contributed by atoms with Crippen molar-refractivity contribution in [3.63, 3.8) is 0 Å². The van der Waals surface area contributed by atoms with Gasteiger partial charge < -0.3 is 41.2 Å². The number of nitrogens with one attached hydrogen (secondary N) is 2. The molecule has 0 radical (unpaired) electrons. The SMILES string of the molecule is CN=C(N)NC[C@@H]1C[C@H]([C@H](O)C[C@@H](CCc2cc(OC3CCNCC3)c(O)cc2CO)OC(C)=O)CC[C@@H]1C. The van der Waals surface area contributed by atoms with Gasteiger partial charge in [0.1, 0.15) is 12.2 Å². The predicted molar refractivity (Wildman–Crippen MR) is 151 cm³/mol. The molecular formula is C29H48N4O6. The fourth-order valence-electron chi connectivity index (χ4n) is 5.86. The summed E-state index contributed by atoms with van der Waals surface area (Å²) in [6, 6.07) is 3.34. The van der Waals surface area contributed by atoms with Gasteiger partial charge >= 0.3 is 5.97 Å². The van der Waals surface area contributed by atoms with Crippen LogP contribution >= 0.6 is 0 Å². The zero-order valence-electron chi connectivity index (χ0n) is 23.7. The second-order valence-corrected chi connectivity index (χ2v) is 11.2. The van der Waals surface area contributed by atoms with Crippen LogP contribution in [-0.2, 0) is 22.6 Å². The lowest BCUT2D eigenvalue weighted by Crippen LogP contribution is -2.41. The van der Waals surface area contributed by atoms with Gasteiger partial charge in [0, 0.05) is 26.9 Å². The summed E-state index contributed by atoms with van der Waals surface area (Å²) in [7, 11) is 1.65. The topological polar surface area (TPSA) is 159 Å². The molecule has 1 aromatic rings. The molecule has 3 rings (SSSR count). The molecule has 0 amide bonds. The number of nitrogens with two attached hydrogens (primary N) is 1. The number of phenolic OH excluding ortho intramolecular Hbond substituents is 1. The quantitative estimate of drug-likeness (QED) is 0.131. The first-order valence-electron chi connectivity index (χ1n) is 14.3.